The second-order valence-corrected chi connectivity index (χ2v) is 4.95. The molecule has 1 amide bonds. The molecule has 0 aliphatic carbocycles. The van der Waals surface area contributed by atoms with Crippen LogP contribution in [0.5, 0.6) is 0 Å². The number of carbonyl (C=O) groups is 2. The van der Waals surface area contributed by atoms with Gasteiger partial charge in [-0.3, -0.25) is 4.79 Å². The van der Waals surface area contributed by atoms with Crippen LogP contribution in [0.3, 0.4) is 0 Å². The molecule has 22 heavy (non-hydrogen) atoms. The molecular weight excluding hydrogens is 306 g/mol. The Morgan fingerprint density at radius 2 is 1.95 bits per heavy atom. The monoisotopic (exact) mass is 321 g/mol. The number of carbonyl (C=O) groups excluding carboxylic acids is 1. The van der Waals surface area contributed by atoms with Crippen LogP contribution >= 0.6 is 0 Å². The van der Waals surface area contributed by atoms with E-state index in [0.29, 0.717) is 5.56 Å². The van der Waals surface area contributed by atoms with Gasteiger partial charge in [0, 0.05) is 5.92 Å². The molecule has 2 N–H and O–H groups in total. The third kappa shape index (κ3) is 6.11. The summed E-state index contributed by atoms with van der Waals surface area (Å²) in [4.78, 5) is 22.6. The lowest BCUT2D eigenvalue weighted by Gasteiger charge is -2.19. The zero-order chi connectivity index (χ0) is 16.9. The number of hydrogen-bond donors (Lipinski definition) is 2. The van der Waals surface area contributed by atoms with Crippen molar-refractivity contribution in [1.82, 2.24) is 5.32 Å². The highest BCUT2D eigenvalue weighted by atomic mass is 19.4. The molecule has 0 saturated heterocycles. The van der Waals surface area contributed by atoms with Crippen LogP contribution < -0.4 is 5.32 Å². The van der Waals surface area contributed by atoms with Crippen LogP contribution in [0.2, 0.25) is 0 Å². The minimum absolute atomic E-state index is 0.0853. The third-order valence-electron chi connectivity index (χ3n) is 2.93. The Bertz CT molecular complexity index is 545. The van der Waals surface area contributed by atoms with Gasteiger partial charge < -0.3 is 10.4 Å². The van der Waals surface area contributed by atoms with Crippen molar-refractivity contribution < 1.29 is 32.3 Å². The fourth-order valence-corrected chi connectivity index (χ4v) is 1.86. The van der Waals surface area contributed by atoms with E-state index in [2.05, 4.69) is 0 Å². The average molecular weight is 321 g/mol. The number of carboxylic acid groups (broad SMARTS) is 1. The van der Waals surface area contributed by atoms with Crippen molar-refractivity contribution in [3.05, 3.63) is 35.6 Å². The van der Waals surface area contributed by atoms with E-state index >= 15 is 0 Å². The maximum atomic E-state index is 13.0. The van der Waals surface area contributed by atoms with Gasteiger partial charge in [0.05, 0.1) is 6.42 Å². The molecule has 0 aromatic heterocycles. The summed E-state index contributed by atoms with van der Waals surface area (Å²) in [7, 11) is 0. The topological polar surface area (TPSA) is 66.4 Å². The number of hydrogen-bond acceptors (Lipinski definition) is 2. The molecule has 2 unspecified atom stereocenters. The van der Waals surface area contributed by atoms with Gasteiger partial charge in [-0.1, -0.05) is 19.1 Å². The quantitative estimate of drug-likeness (QED) is 0.791. The normalized spacial score (nSPS) is 14.2. The van der Waals surface area contributed by atoms with Crippen molar-refractivity contribution in [1.29, 1.82) is 0 Å². The fraction of sp³-hybridized carbons (Fsp3) is 0.429. The van der Waals surface area contributed by atoms with Crippen molar-refractivity contribution in [2.24, 2.45) is 5.92 Å². The van der Waals surface area contributed by atoms with Gasteiger partial charge in [-0.2, -0.15) is 13.2 Å². The molecule has 2 atom stereocenters. The van der Waals surface area contributed by atoms with E-state index in [0.717, 1.165) is 0 Å². The largest absolute Gasteiger partial charge is 0.480 e. The van der Waals surface area contributed by atoms with Crippen LogP contribution in [0.15, 0.2) is 24.3 Å². The molecule has 4 nitrogen and oxygen atoms in total. The highest BCUT2D eigenvalue weighted by Gasteiger charge is 2.36. The predicted molar refractivity (Wildman–Crippen MR) is 69.5 cm³/mol. The van der Waals surface area contributed by atoms with E-state index < -0.39 is 42.3 Å². The summed E-state index contributed by atoms with van der Waals surface area (Å²) in [6.45, 7) is 1.42. The lowest BCUT2D eigenvalue weighted by atomic mass is 9.99. The highest BCUT2D eigenvalue weighted by molar-refractivity contribution is 5.84. The number of benzene rings is 1. The predicted octanol–water partition coefficient (Wildman–Crippen LogP) is 2.53. The molecule has 0 heterocycles. The Morgan fingerprint density at radius 3 is 2.45 bits per heavy atom. The van der Waals surface area contributed by atoms with Gasteiger partial charge >= 0.3 is 12.1 Å². The minimum Gasteiger partial charge on any atom is -0.480 e. The van der Waals surface area contributed by atoms with Gasteiger partial charge in [0.2, 0.25) is 5.91 Å². The van der Waals surface area contributed by atoms with Gasteiger partial charge in [-0.05, 0) is 24.1 Å². The number of nitrogens with one attached hydrogen (secondary N) is 1. The molecular formula is C14H15F4NO3. The van der Waals surface area contributed by atoms with E-state index in [1.165, 1.54) is 25.1 Å². The first-order valence-corrected chi connectivity index (χ1v) is 6.43. The summed E-state index contributed by atoms with van der Waals surface area (Å²) >= 11 is 0. The van der Waals surface area contributed by atoms with E-state index in [-0.39, 0.29) is 6.42 Å². The molecule has 122 valence electrons. The Labute approximate surface area is 124 Å². The van der Waals surface area contributed by atoms with Crippen LogP contribution in [-0.2, 0) is 16.0 Å². The Morgan fingerprint density at radius 1 is 1.32 bits per heavy atom. The second-order valence-electron chi connectivity index (χ2n) is 4.95. The summed E-state index contributed by atoms with van der Waals surface area (Å²) in [5.74, 6) is -3.88. The number of alkyl halides is 3. The Kier molecular flexibility index (Phi) is 5.90. The first-order chi connectivity index (χ1) is 10.1. The maximum absolute atomic E-state index is 13.0. The van der Waals surface area contributed by atoms with E-state index in [4.69, 9.17) is 5.11 Å². The van der Waals surface area contributed by atoms with Crippen LogP contribution in [0.4, 0.5) is 17.6 Å². The molecule has 0 bridgehead atoms. The molecule has 1 aromatic rings. The SMILES string of the molecule is CC(Cc1cccc(F)c1)C(=O)NC(CC(F)(F)F)C(=O)O. The van der Waals surface area contributed by atoms with Gasteiger partial charge in [0.15, 0.2) is 0 Å². The van der Waals surface area contributed by atoms with Crippen molar-refractivity contribution >= 4 is 11.9 Å². The van der Waals surface area contributed by atoms with Gasteiger partial charge in [-0.15, -0.1) is 0 Å². The molecule has 0 fully saturated rings. The van der Waals surface area contributed by atoms with Crippen molar-refractivity contribution in [2.75, 3.05) is 0 Å². The molecule has 0 spiro atoms. The molecule has 1 aromatic carbocycles. The summed E-state index contributed by atoms with van der Waals surface area (Å²) in [5.41, 5.74) is 0.491. The average Bonchev–Trinajstić information content (AvgIpc) is 2.36. The van der Waals surface area contributed by atoms with Crippen LogP contribution in [0, 0.1) is 11.7 Å². The summed E-state index contributed by atoms with van der Waals surface area (Å²) < 4.78 is 49.8. The van der Waals surface area contributed by atoms with Gasteiger partial charge in [0.1, 0.15) is 11.9 Å². The summed E-state index contributed by atoms with van der Waals surface area (Å²) in [6, 6.07) is 3.39. The highest BCUT2D eigenvalue weighted by Crippen LogP contribution is 2.22. The lowest BCUT2D eigenvalue weighted by molar-refractivity contribution is -0.160. The number of rotatable bonds is 6. The fourth-order valence-electron chi connectivity index (χ4n) is 1.86. The molecule has 0 saturated carbocycles. The van der Waals surface area contributed by atoms with E-state index in [9.17, 15) is 27.2 Å². The van der Waals surface area contributed by atoms with Crippen molar-refractivity contribution in [2.45, 2.75) is 32.0 Å². The van der Waals surface area contributed by atoms with Crippen LogP contribution in [-0.4, -0.2) is 29.2 Å². The third-order valence-corrected chi connectivity index (χ3v) is 2.93. The maximum Gasteiger partial charge on any atom is 0.391 e. The summed E-state index contributed by atoms with van der Waals surface area (Å²) in [5, 5.41) is 10.6. The Hall–Kier alpha value is -2.12. The van der Waals surface area contributed by atoms with Crippen LogP contribution in [0.25, 0.3) is 0 Å². The van der Waals surface area contributed by atoms with E-state index in [1.54, 1.807) is 6.07 Å². The van der Waals surface area contributed by atoms with E-state index in [1.807, 2.05) is 5.32 Å². The number of aliphatic carboxylic acids is 1. The number of amides is 1. The summed E-state index contributed by atoms with van der Waals surface area (Å²) in [6.07, 6.45) is -6.27. The van der Waals surface area contributed by atoms with Gasteiger partial charge in [-0.25, -0.2) is 9.18 Å². The Balaban J connectivity index is 2.67. The molecule has 8 heteroatoms. The number of carboxylic acids is 1. The lowest BCUT2D eigenvalue weighted by Crippen LogP contribution is -2.45. The van der Waals surface area contributed by atoms with Crippen molar-refractivity contribution in [3.63, 3.8) is 0 Å². The molecule has 0 aliphatic heterocycles. The standard InChI is InChI=1S/C14H15F4NO3/c1-8(5-9-3-2-4-10(15)6-9)12(20)19-11(13(21)22)7-14(16,17)18/h2-4,6,8,11H,5,7H2,1H3,(H,19,20)(H,21,22). The molecule has 0 aliphatic rings. The zero-order valence-electron chi connectivity index (χ0n) is 11.7. The van der Waals surface area contributed by atoms with Gasteiger partial charge in [0.25, 0.3) is 0 Å². The molecule has 1 rings (SSSR count). The smallest absolute Gasteiger partial charge is 0.391 e. The minimum atomic E-state index is -4.71. The van der Waals surface area contributed by atoms with Crippen LogP contribution in [0.1, 0.15) is 18.9 Å². The first kappa shape index (κ1) is 17.9. The zero-order valence-corrected chi connectivity index (χ0v) is 11.7. The van der Waals surface area contributed by atoms with Crippen molar-refractivity contribution in [3.8, 4) is 0 Å². The molecule has 0 radical (unpaired) electrons. The number of halogens is 4. The first-order valence-electron chi connectivity index (χ1n) is 6.43. The second kappa shape index (κ2) is 7.24.